The monoisotopic (exact) mass is 175 g/mol. The Bertz CT molecular complexity index is 136. The number of hydrogen-bond acceptors (Lipinski definition) is 3. The van der Waals surface area contributed by atoms with E-state index in [4.69, 9.17) is 9.84 Å². The minimum Gasteiger partial charge on any atom is -0.450 e. The Morgan fingerprint density at radius 2 is 2.25 bits per heavy atom. The topological polar surface area (TPSA) is 49.8 Å². The summed E-state index contributed by atoms with van der Waals surface area (Å²) >= 11 is 0. The summed E-state index contributed by atoms with van der Waals surface area (Å²) in [5, 5.41) is 8.93. The third-order valence-corrected chi connectivity index (χ3v) is 1.46. The molecule has 0 saturated heterocycles. The first-order valence-electron chi connectivity index (χ1n) is 4.13. The van der Waals surface area contributed by atoms with Crippen LogP contribution in [0.5, 0.6) is 0 Å². The molecule has 0 aliphatic rings. The van der Waals surface area contributed by atoms with Crippen LogP contribution in [0.1, 0.15) is 20.3 Å². The third kappa shape index (κ3) is 4.96. The lowest BCUT2D eigenvalue weighted by atomic mass is 10.3. The standard InChI is InChI=1S/C8H17NO3/c1-4-12-8(11)9(3)6-5-7(2)10/h7,10H,4-6H2,1-3H3. The maximum absolute atomic E-state index is 11.0. The average molecular weight is 175 g/mol. The molecule has 72 valence electrons. The summed E-state index contributed by atoms with van der Waals surface area (Å²) in [5.41, 5.74) is 0. The van der Waals surface area contributed by atoms with Crippen LogP contribution >= 0.6 is 0 Å². The van der Waals surface area contributed by atoms with E-state index in [9.17, 15) is 4.79 Å². The predicted molar refractivity (Wildman–Crippen MR) is 45.9 cm³/mol. The van der Waals surface area contributed by atoms with Gasteiger partial charge >= 0.3 is 6.09 Å². The van der Waals surface area contributed by atoms with Crippen molar-refractivity contribution in [2.45, 2.75) is 26.4 Å². The quantitative estimate of drug-likeness (QED) is 0.689. The molecule has 0 saturated carbocycles. The number of amides is 1. The van der Waals surface area contributed by atoms with Crippen LogP contribution in [0.2, 0.25) is 0 Å². The van der Waals surface area contributed by atoms with Crippen molar-refractivity contribution in [1.29, 1.82) is 0 Å². The fraction of sp³-hybridized carbons (Fsp3) is 0.875. The molecule has 0 aliphatic carbocycles. The van der Waals surface area contributed by atoms with Crippen LogP contribution in [-0.2, 0) is 4.74 Å². The van der Waals surface area contributed by atoms with Crippen molar-refractivity contribution in [3.8, 4) is 0 Å². The van der Waals surface area contributed by atoms with Gasteiger partial charge in [0.15, 0.2) is 0 Å². The molecule has 1 atom stereocenters. The van der Waals surface area contributed by atoms with E-state index in [1.54, 1.807) is 20.9 Å². The smallest absolute Gasteiger partial charge is 0.409 e. The fourth-order valence-electron chi connectivity index (χ4n) is 0.705. The van der Waals surface area contributed by atoms with E-state index >= 15 is 0 Å². The second kappa shape index (κ2) is 5.83. The van der Waals surface area contributed by atoms with Crippen LogP contribution < -0.4 is 0 Å². The van der Waals surface area contributed by atoms with Gasteiger partial charge in [-0.3, -0.25) is 0 Å². The van der Waals surface area contributed by atoms with Gasteiger partial charge in [0.2, 0.25) is 0 Å². The Kier molecular flexibility index (Phi) is 5.45. The largest absolute Gasteiger partial charge is 0.450 e. The number of carbonyl (C=O) groups is 1. The second-order valence-corrected chi connectivity index (χ2v) is 2.76. The van der Waals surface area contributed by atoms with E-state index in [1.807, 2.05) is 0 Å². The lowest BCUT2D eigenvalue weighted by Crippen LogP contribution is -2.29. The fourth-order valence-corrected chi connectivity index (χ4v) is 0.705. The van der Waals surface area contributed by atoms with Gasteiger partial charge in [-0.25, -0.2) is 4.79 Å². The Labute approximate surface area is 73.1 Å². The predicted octanol–water partition coefficient (Wildman–Crippen LogP) is 0.846. The normalized spacial score (nSPS) is 12.3. The van der Waals surface area contributed by atoms with Gasteiger partial charge in [0.1, 0.15) is 0 Å². The molecule has 1 N–H and O–H groups in total. The molecule has 0 aromatic heterocycles. The Morgan fingerprint density at radius 1 is 1.67 bits per heavy atom. The van der Waals surface area contributed by atoms with Gasteiger partial charge in [0, 0.05) is 13.6 Å². The summed E-state index contributed by atoms with van der Waals surface area (Å²) in [6.45, 7) is 4.37. The lowest BCUT2D eigenvalue weighted by molar-refractivity contribution is 0.107. The maximum atomic E-state index is 11.0. The van der Waals surface area contributed by atoms with Gasteiger partial charge in [-0.15, -0.1) is 0 Å². The highest BCUT2D eigenvalue weighted by Crippen LogP contribution is 1.95. The molecule has 1 unspecified atom stereocenters. The van der Waals surface area contributed by atoms with Crippen molar-refractivity contribution in [2.75, 3.05) is 20.2 Å². The minimum atomic E-state index is -0.373. The van der Waals surface area contributed by atoms with Gasteiger partial charge in [0.25, 0.3) is 0 Å². The maximum Gasteiger partial charge on any atom is 0.409 e. The zero-order valence-corrected chi connectivity index (χ0v) is 7.91. The zero-order valence-electron chi connectivity index (χ0n) is 7.91. The molecular formula is C8H17NO3. The highest BCUT2D eigenvalue weighted by atomic mass is 16.5. The first-order valence-corrected chi connectivity index (χ1v) is 4.13. The molecule has 0 rings (SSSR count). The van der Waals surface area contributed by atoms with Crippen molar-refractivity contribution in [3.05, 3.63) is 0 Å². The molecule has 0 spiro atoms. The molecule has 0 heterocycles. The van der Waals surface area contributed by atoms with Crippen molar-refractivity contribution in [3.63, 3.8) is 0 Å². The minimum absolute atomic E-state index is 0.335. The molecular weight excluding hydrogens is 158 g/mol. The molecule has 0 radical (unpaired) electrons. The van der Waals surface area contributed by atoms with E-state index in [1.165, 1.54) is 4.90 Å². The molecule has 0 aromatic carbocycles. The Balaban J connectivity index is 3.56. The van der Waals surface area contributed by atoms with Crippen LogP contribution in [0.25, 0.3) is 0 Å². The SMILES string of the molecule is CCOC(=O)N(C)CCC(C)O. The van der Waals surface area contributed by atoms with Crippen molar-refractivity contribution in [2.24, 2.45) is 0 Å². The number of hydrogen-bond donors (Lipinski definition) is 1. The summed E-state index contributed by atoms with van der Waals surface area (Å²) in [7, 11) is 1.65. The summed E-state index contributed by atoms with van der Waals surface area (Å²) in [4.78, 5) is 12.4. The molecule has 4 nitrogen and oxygen atoms in total. The molecule has 0 fully saturated rings. The number of nitrogens with zero attached hydrogens (tertiary/aromatic N) is 1. The van der Waals surface area contributed by atoms with E-state index in [-0.39, 0.29) is 12.2 Å². The van der Waals surface area contributed by atoms with Gasteiger partial charge in [-0.1, -0.05) is 0 Å². The summed E-state index contributed by atoms with van der Waals surface area (Å²) in [6, 6.07) is 0. The third-order valence-electron chi connectivity index (χ3n) is 1.46. The number of aliphatic hydroxyl groups is 1. The number of ether oxygens (including phenoxy) is 1. The lowest BCUT2D eigenvalue weighted by Gasteiger charge is -2.16. The van der Waals surface area contributed by atoms with Crippen LogP contribution in [0.4, 0.5) is 4.79 Å². The summed E-state index contributed by atoms with van der Waals surface area (Å²) < 4.78 is 4.74. The van der Waals surface area contributed by atoms with E-state index in [2.05, 4.69) is 0 Å². The molecule has 0 aromatic rings. The Morgan fingerprint density at radius 3 is 2.67 bits per heavy atom. The first kappa shape index (κ1) is 11.2. The first-order chi connectivity index (χ1) is 5.57. The van der Waals surface area contributed by atoms with Crippen molar-refractivity contribution < 1.29 is 14.6 Å². The number of rotatable bonds is 4. The van der Waals surface area contributed by atoms with E-state index in [0.29, 0.717) is 19.6 Å². The highest BCUT2D eigenvalue weighted by Gasteiger charge is 2.08. The van der Waals surface area contributed by atoms with Gasteiger partial charge in [-0.2, -0.15) is 0 Å². The molecule has 12 heavy (non-hydrogen) atoms. The molecule has 0 bridgehead atoms. The van der Waals surface area contributed by atoms with E-state index < -0.39 is 0 Å². The Hall–Kier alpha value is -0.770. The van der Waals surface area contributed by atoms with Gasteiger partial charge < -0.3 is 14.7 Å². The van der Waals surface area contributed by atoms with Crippen LogP contribution in [0.15, 0.2) is 0 Å². The number of carbonyl (C=O) groups excluding carboxylic acids is 1. The van der Waals surface area contributed by atoms with Crippen LogP contribution in [0.3, 0.4) is 0 Å². The highest BCUT2D eigenvalue weighted by molar-refractivity contribution is 5.67. The summed E-state index contributed by atoms with van der Waals surface area (Å²) in [5.74, 6) is 0. The van der Waals surface area contributed by atoms with Crippen LogP contribution in [0, 0.1) is 0 Å². The molecule has 0 aliphatic heterocycles. The summed E-state index contributed by atoms with van der Waals surface area (Å²) in [6.07, 6.45) is -0.130. The van der Waals surface area contributed by atoms with Crippen molar-refractivity contribution in [1.82, 2.24) is 4.90 Å². The van der Waals surface area contributed by atoms with Crippen LogP contribution in [-0.4, -0.2) is 42.4 Å². The van der Waals surface area contributed by atoms with E-state index in [0.717, 1.165) is 0 Å². The molecule has 1 amide bonds. The second-order valence-electron chi connectivity index (χ2n) is 2.76. The number of aliphatic hydroxyl groups excluding tert-OH is 1. The molecule has 4 heteroatoms. The average Bonchev–Trinajstić information content (AvgIpc) is 2.00. The zero-order chi connectivity index (χ0) is 9.56. The van der Waals surface area contributed by atoms with Crippen molar-refractivity contribution >= 4 is 6.09 Å². The van der Waals surface area contributed by atoms with Gasteiger partial charge in [-0.05, 0) is 20.3 Å². The van der Waals surface area contributed by atoms with Gasteiger partial charge in [0.05, 0.1) is 12.7 Å².